The van der Waals surface area contributed by atoms with E-state index in [4.69, 9.17) is 22.1 Å². The van der Waals surface area contributed by atoms with Crippen LogP contribution in [0.15, 0.2) is 6.07 Å². The molecule has 0 spiro atoms. The minimum atomic E-state index is 0.0620. The van der Waals surface area contributed by atoms with Gasteiger partial charge in [0.05, 0.1) is 6.61 Å². The molecule has 0 radical (unpaired) electrons. The first-order chi connectivity index (χ1) is 7.77. The second-order valence-electron chi connectivity index (χ2n) is 4.29. The summed E-state index contributed by atoms with van der Waals surface area (Å²) >= 11 is 8.27. The first-order valence-corrected chi connectivity index (χ1v) is 7.11. The maximum atomic E-state index is 6.35. The molecule has 0 amide bonds. The number of halogens is 1. The topological polar surface area (TPSA) is 35.2 Å². The van der Waals surface area contributed by atoms with E-state index in [1.165, 1.54) is 11.1 Å². The zero-order chi connectivity index (χ0) is 11.1. The van der Waals surface area contributed by atoms with E-state index in [2.05, 4.69) is 0 Å². The van der Waals surface area contributed by atoms with E-state index in [1.54, 1.807) is 0 Å². The number of ether oxygens (including phenoxy) is 1. The SMILES string of the molecule is N[C@@H]1CCSCc2c3c(cc(Cl)c21)CCO3. The van der Waals surface area contributed by atoms with Crippen LogP contribution in [0.2, 0.25) is 5.02 Å². The summed E-state index contributed by atoms with van der Waals surface area (Å²) in [6.07, 6.45) is 1.97. The van der Waals surface area contributed by atoms with Crippen molar-refractivity contribution in [2.75, 3.05) is 12.4 Å². The van der Waals surface area contributed by atoms with Crippen molar-refractivity contribution in [2.45, 2.75) is 24.6 Å². The lowest BCUT2D eigenvalue weighted by Gasteiger charge is -2.17. The van der Waals surface area contributed by atoms with Crippen molar-refractivity contribution in [2.24, 2.45) is 5.73 Å². The Bertz CT molecular complexity index is 436. The highest BCUT2D eigenvalue weighted by Crippen LogP contribution is 2.43. The minimum absolute atomic E-state index is 0.0620. The molecule has 3 rings (SSSR count). The Labute approximate surface area is 104 Å². The molecule has 16 heavy (non-hydrogen) atoms. The van der Waals surface area contributed by atoms with Gasteiger partial charge in [0.2, 0.25) is 0 Å². The van der Waals surface area contributed by atoms with Crippen molar-refractivity contribution < 1.29 is 4.74 Å². The second-order valence-corrected chi connectivity index (χ2v) is 5.80. The van der Waals surface area contributed by atoms with Crippen LogP contribution in [0.1, 0.15) is 29.2 Å². The van der Waals surface area contributed by atoms with Crippen LogP contribution in [-0.2, 0) is 12.2 Å². The number of benzene rings is 1. The van der Waals surface area contributed by atoms with Crippen LogP contribution in [0.25, 0.3) is 0 Å². The van der Waals surface area contributed by atoms with E-state index in [-0.39, 0.29) is 6.04 Å². The molecule has 2 heterocycles. The van der Waals surface area contributed by atoms with E-state index in [9.17, 15) is 0 Å². The predicted molar refractivity (Wildman–Crippen MR) is 68.4 cm³/mol. The van der Waals surface area contributed by atoms with Crippen molar-refractivity contribution in [1.29, 1.82) is 0 Å². The van der Waals surface area contributed by atoms with Gasteiger partial charge in [0.25, 0.3) is 0 Å². The molecule has 0 unspecified atom stereocenters. The molecular formula is C12H14ClNOS. The molecule has 86 valence electrons. The predicted octanol–water partition coefficient (Wildman–Crippen LogP) is 2.91. The van der Waals surface area contributed by atoms with E-state index in [0.717, 1.165) is 47.3 Å². The number of rotatable bonds is 0. The zero-order valence-electron chi connectivity index (χ0n) is 8.96. The summed E-state index contributed by atoms with van der Waals surface area (Å²) < 4.78 is 5.73. The molecular weight excluding hydrogens is 242 g/mol. The highest BCUT2D eigenvalue weighted by molar-refractivity contribution is 7.98. The highest BCUT2D eigenvalue weighted by atomic mass is 35.5. The van der Waals surface area contributed by atoms with E-state index < -0.39 is 0 Å². The molecule has 2 nitrogen and oxygen atoms in total. The van der Waals surface area contributed by atoms with Crippen LogP contribution in [0.3, 0.4) is 0 Å². The van der Waals surface area contributed by atoms with Gasteiger partial charge >= 0.3 is 0 Å². The summed E-state index contributed by atoms with van der Waals surface area (Å²) in [5.41, 5.74) is 9.80. The van der Waals surface area contributed by atoms with Crippen LogP contribution in [-0.4, -0.2) is 12.4 Å². The smallest absolute Gasteiger partial charge is 0.127 e. The van der Waals surface area contributed by atoms with Gasteiger partial charge in [0.1, 0.15) is 5.75 Å². The maximum absolute atomic E-state index is 6.35. The Morgan fingerprint density at radius 3 is 3.25 bits per heavy atom. The van der Waals surface area contributed by atoms with Gasteiger partial charge < -0.3 is 10.5 Å². The third-order valence-electron chi connectivity index (χ3n) is 3.26. The van der Waals surface area contributed by atoms with Crippen molar-refractivity contribution in [3.05, 3.63) is 27.8 Å². The third kappa shape index (κ3) is 1.62. The minimum Gasteiger partial charge on any atom is -0.493 e. The lowest BCUT2D eigenvalue weighted by atomic mass is 9.96. The summed E-state index contributed by atoms with van der Waals surface area (Å²) in [5, 5.41) is 0.828. The fraction of sp³-hybridized carbons (Fsp3) is 0.500. The summed E-state index contributed by atoms with van der Waals surface area (Å²) in [7, 11) is 0. The molecule has 4 heteroatoms. The van der Waals surface area contributed by atoms with E-state index >= 15 is 0 Å². The van der Waals surface area contributed by atoms with Gasteiger partial charge in [0.15, 0.2) is 0 Å². The monoisotopic (exact) mass is 255 g/mol. The average Bonchev–Trinajstić information content (AvgIpc) is 2.62. The van der Waals surface area contributed by atoms with Crippen LogP contribution < -0.4 is 10.5 Å². The van der Waals surface area contributed by atoms with Gasteiger partial charge in [-0.15, -0.1) is 0 Å². The highest BCUT2D eigenvalue weighted by Gasteiger charge is 2.26. The second kappa shape index (κ2) is 4.13. The number of fused-ring (bicyclic) bond motifs is 3. The molecule has 0 aromatic heterocycles. The zero-order valence-corrected chi connectivity index (χ0v) is 10.5. The van der Waals surface area contributed by atoms with Crippen molar-refractivity contribution in [3.8, 4) is 5.75 Å². The number of thioether (sulfide) groups is 1. The van der Waals surface area contributed by atoms with Gasteiger partial charge in [-0.3, -0.25) is 0 Å². The molecule has 2 N–H and O–H groups in total. The molecule has 2 aliphatic heterocycles. The largest absolute Gasteiger partial charge is 0.493 e. The van der Waals surface area contributed by atoms with Gasteiger partial charge in [0, 0.05) is 28.8 Å². The molecule has 1 atom stereocenters. The van der Waals surface area contributed by atoms with E-state index in [0.29, 0.717) is 0 Å². The Kier molecular flexibility index (Phi) is 2.78. The summed E-state index contributed by atoms with van der Waals surface area (Å²) in [4.78, 5) is 0. The normalized spacial score (nSPS) is 23.2. The van der Waals surface area contributed by atoms with Crippen LogP contribution >= 0.6 is 23.4 Å². The van der Waals surface area contributed by atoms with Gasteiger partial charge in [-0.05, 0) is 29.4 Å². The van der Waals surface area contributed by atoms with Gasteiger partial charge in [-0.1, -0.05) is 11.6 Å². The fourth-order valence-corrected chi connectivity index (χ4v) is 3.90. The fourth-order valence-electron chi connectivity index (χ4n) is 2.46. The molecule has 0 saturated carbocycles. The lowest BCUT2D eigenvalue weighted by Crippen LogP contribution is -2.12. The van der Waals surface area contributed by atoms with Crippen LogP contribution in [0.5, 0.6) is 5.75 Å². The van der Waals surface area contributed by atoms with Crippen molar-refractivity contribution >= 4 is 23.4 Å². The molecule has 0 aliphatic carbocycles. The lowest BCUT2D eigenvalue weighted by molar-refractivity contribution is 0.354. The molecule has 0 fully saturated rings. The molecule has 1 aromatic rings. The molecule has 1 aromatic carbocycles. The number of hydrogen-bond acceptors (Lipinski definition) is 3. The average molecular weight is 256 g/mol. The van der Waals surface area contributed by atoms with Crippen molar-refractivity contribution in [1.82, 2.24) is 0 Å². The third-order valence-corrected chi connectivity index (χ3v) is 4.59. The first-order valence-electron chi connectivity index (χ1n) is 5.57. The summed E-state index contributed by atoms with van der Waals surface area (Å²) in [6, 6.07) is 2.10. The van der Waals surface area contributed by atoms with Crippen LogP contribution in [0.4, 0.5) is 0 Å². The van der Waals surface area contributed by atoms with Gasteiger partial charge in [-0.25, -0.2) is 0 Å². The Balaban J connectivity index is 2.21. The standard InChI is InChI=1S/C12H14ClNOS/c13-9-5-7-1-3-15-12(7)8-6-16-4-2-10(14)11(8)9/h5,10H,1-4,6,14H2/t10-/m1/s1. The molecule has 0 saturated heterocycles. The first kappa shape index (κ1) is 10.8. The Morgan fingerprint density at radius 2 is 2.38 bits per heavy atom. The molecule has 2 aliphatic rings. The summed E-state index contributed by atoms with van der Waals surface area (Å²) in [6.45, 7) is 0.780. The Hall–Kier alpha value is -0.380. The van der Waals surface area contributed by atoms with Crippen molar-refractivity contribution in [3.63, 3.8) is 0 Å². The Morgan fingerprint density at radius 1 is 1.50 bits per heavy atom. The number of hydrogen-bond donors (Lipinski definition) is 1. The molecule has 0 bridgehead atoms. The summed E-state index contributed by atoms with van der Waals surface area (Å²) in [5.74, 6) is 3.14. The number of nitrogens with two attached hydrogens (primary N) is 1. The van der Waals surface area contributed by atoms with Crippen LogP contribution in [0, 0.1) is 0 Å². The van der Waals surface area contributed by atoms with Gasteiger partial charge in [-0.2, -0.15) is 11.8 Å². The maximum Gasteiger partial charge on any atom is 0.127 e. The van der Waals surface area contributed by atoms with E-state index in [1.807, 2.05) is 17.8 Å². The quantitative estimate of drug-likeness (QED) is 0.774.